The maximum absolute atomic E-state index is 12.7. The number of hydrogen-bond acceptors (Lipinski definition) is 3. The van der Waals surface area contributed by atoms with Gasteiger partial charge in [-0.2, -0.15) is 4.98 Å². The van der Waals surface area contributed by atoms with Crippen LogP contribution in [-0.4, -0.2) is 24.8 Å². The number of benzene rings is 1. The maximum Gasteiger partial charge on any atom is 0.271 e. The largest absolute Gasteiger partial charge is 0.273 e. The van der Waals surface area contributed by atoms with Crippen molar-refractivity contribution in [1.29, 1.82) is 0 Å². The molecule has 3 aromatic rings. The second-order valence-electron chi connectivity index (χ2n) is 3.08. The van der Waals surface area contributed by atoms with Crippen molar-refractivity contribution in [3.05, 3.63) is 36.4 Å². The molecule has 0 saturated carbocycles. The van der Waals surface area contributed by atoms with Crippen molar-refractivity contribution in [3.63, 3.8) is 0 Å². The monoisotopic (exact) mass is 203 g/mol. The number of nitrogens with one attached hydrogen (secondary N) is 1. The van der Waals surface area contributed by atoms with Crippen LogP contribution in [0.4, 0.5) is 4.39 Å². The van der Waals surface area contributed by atoms with E-state index in [2.05, 4.69) is 20.3 Å². The van der Waals surface area contributed by atoms with E-state index in [-0.39, 0.29) is 5.82 Å². The molecule has 6 heteroatoms. The first kappa shape index (κ1) is 8.10. The Morgan fingerprint density at radius 3 is 2.73 bits per heavy atom. The first-order chi connectivity index (χ1) is 7.33. The lowest BCUT2D eigenvalue weighted by Gasteiger charge is -1.94. The minimum absolute atomic E-state index is 0.267. The standard InChI is InChI=1S/C9H6FN5/c10-7-3-1-6(2-4-7)8-12-9-13-11-5-15(9)14-8/h1-5H,(H,12,13,14). The van der Waals surface area contributed by atoms with Gasteiger partial charge in [0.05, 0.1) is 0 Å². The van der Waals surface area contributed by atoms with Crippen LogP contribution in [0.5, 0.6) is 0 Å². The van der Waals surface area contributed by atoms with E-state index in [1.54, 1.807) is 16.6 Å². The number of hydrogen-bond donors (Lipinski definition) is 1. The molecule has 74 valence electrons. The van der Waals surface area contributed by atoms with Gasteiger partial charge in [-0.3, -0.25) is 5.10 Å². The van der Waals surface area contributed by atoms with Gasteiger partial charge in [-0.25, -0.2) is 8.91 Å². The molecular formula is C9H6FN5. The van der Waals surface area contributed by atoms with Crippen molar-refractivity contribution in [2.24, 2.45) is 0 Å². The molecule has 15 heavy (non-hydrogen) atoms. The molecular weight excluding hydrogens is 197 g/mol. The topological polar surface area (TPSA) is 58.9 Å². The van der Waals surface area contributed by atoms with Crippen molar-refractivity contribution >= 4 is 5.78 Å². The Bertz CT molecular complexity index is 566. The maximum atomic E-state index is 12.7. The summed E-state index contributed by atoms with van der Waals surface area (Å²) in [6.45, 7) is 0. The molecule has 2 heterocycles. The summed E-state index contributed by atoms with van der Waals surface area (Å²) >= 11 is 0. The number of aromatic amines is 1. The Hall–Kier alpha value is -2.24. The molecule has 0 radical (unpaired) electrons. The molecule has 2 aromatic heterocycles. The summed E-state index contributed by atoms with van der Waals surface area (Å²) in [5.41, 5.74) is 0.807. The van der Waals surface area contributed by atoms with Crippen LogP contribution in [0, 0.1) is 5.82 Å². The van der Waals surface area contributed by atoms with Crippen molar-refractivity contribution in [3.8, 4) is 11.4 Å². The van der Waals surface area contributed by atoms with Gasteiger partial charge in [0.15, 0.2) is 5.82 Å². The van der Waals surface area contributed by atoms with E-state index in [4.69, 9.17) is 0 Å². The van der Waals surface area contributed by atoms with Crippen LogP contribution in [0.1, 0.15) is 0 Å². The van der Waals surface area contributed by atoms with E-state index >= 15 is 0 Å². The Morgan fingerprint density at radius 1 is 1.20 bits per heavy atom. The van der Waals surface area contributed by atoms with Crippen molar-refractivity contribution in [1.82, 2.24) is 24.8 Å². The molecule has 0 fully saturated rings. The van der Waals surface area contributed by atoms with Crippen LogP contribution in [0.25, 0.3) is 17.2 Å². The van der Waals surface area contributed by atoms with Crippen LogP contribution in [0.15, 0.2) is 30.6 Å². The quantitative estimate of drug-likeness (QED) is 0.647. The highest BCUT2D eigenvalue weighted by atomic mass is 19.1. The van der Waals surface area contributed by atoms with Gasteiger partial charge in [-0.05, 0) is 24.3 Å². The molecule has 1 N–H and O–H groups in total. The van der Waals surface area contributed by atoms with E-state index in [0.717, 1.165) is 5.56 Å². The minimum atomic E-state index is -0.267. The average Bonchev–Trinajstić information content (AvgIpc) is 2.78. The molecule has 5 nitrogen and oxygen atoms in total. The van der Waals surface area contributed by atoms with Crippen LogP contribution >= 0.6 is 0 Å². The summed E-state index contributed by atoms with van der Waals surface area (Å²) < 4.78 is 14.3. The summed E-state index contributed by atoms with van der Waals surface area (Å²) in [5.74, 6) is 0.867. The first-order valence-electron chi connectivity index (χ1n) is 4.34. The molecule has 0 amide bonds. The number of H-pyrrole nitrogens is 1. The molecule has 1 aromatic carbocycles. The number of halogens is 1. The highest BCUT2D eigenvalue weighted by Gasteiger charge is 2.05. The zero-order valence-electron chi connectivity index (χ0n) is 7.55. The van der Waals surface area contributed by atoms with E-state index < -0.39 is 0 Å². The highest BCUT2D eigenvalue weighted by molar-refractivity contribution is 5.56. The van der Waals surface area contributed by atoms with Gasteiger partial charge >= 0.3 is 0 Å². The third-order valence-corrected chi connectivity index (χ3v) is 2.09. The molecule has 0 aliphatic rings. The third kappa shape index (κ3) is 1.26. The van der Waals surface area contributed by atoms with Crippen LogP contribution in [0.2, 0.25) is 0 Å². The summed E-state index contributed by atoms with van der Waals surface area (Å²) in [6.07, 6.45) is 1.52. The predicted molar refractivity (Wildman–Crippen MR) is 50.5 cm³/mol. The Morgan fingerprint density at radius 2 is 2.00 bits per heavy atom. The molecule has 0 aliphatic heterocycles. The summed E-state index contributed by atoms with van der Waals surface area (Å²) in [6, 6.07) is 6.08. The fraction of sp³-hybridized carbons (Fsp3) is 0. The molecule has 0 spiro atoms. The predicted octanol–water partition coefficient (Wildman–Crippen LogP) is 1.26. The van der Waals surface area contributed by atoms with Gasteiger partial charge in [-0.15, -0.1) is 10.2 Å². The Kier molecular flexibility index (Phi) is 1.55. The normalized spacial score (nSPS) is 11.0. The number of nitrogens with zero attached hydrogens (tertiary/aromatic N) is 4. The van der Waals surface area contributed by atoms with E-state index in [9.17, 15) is 4.39 Å². The number of fused-ring (bicyclic) bond motifs is 1. The summed E-state index contributed by atoms with van der Waals surface area (Å²) in [4.78, 5) is 4.18. The highest BCUT2D eigenvalue weighted by Crippen LogP contribution is 2.15. The van der Waals surface area contributed by atoms with Gasteiger partial charge in [0, 0.05) is 5.56 Å². The number of aromatic nitrogens is 5. The van der Waals surface area contributed by atoms with Gasteiger partial charge in [0.2, 0.25) is 0 Å². The van der Waals surface area contributed by atoms with Crippen LogP contribution < -0.4 is 0 Å². The van der Waals surface area contributed by atoms with Gasteiger partial charge in [0.25, 0.3) is 5.78 Å². The average molecular weight is 203 g/mol. The summed E-state index contributed by atoms with van der Waals surface area (Å²) in [5, 5.41) is 10.4. The Labute approximate surface area is 83.6 Å². The summed E-state index contributed by atoms with van der Waals surface area (Å²) in [7, 11) is 0. The second-order valence-corrected chi connectivity index (χ2v) is 3.08. The molecule has 3 rings (SSSR count). The van der Waals surface area contributed by atoms with Crippen molar-refractivity contribution in [2.45, 2.75) is 0 Å². The lowest BCUT2D eigenvalue weighted by atomic mass is 10.2. The van der Waals surface area contributed by atoms with Crippen LogP contribution in [0.3, 0.4) is 0 Å². The van der Waals surface area contributed by atoms with E-state index in [0.29, 0.717) is 11.6 Å². The SMILES string of the molecule is Fc1ccc(-c2nc3nncn3[nH]2)cc1. The zero-order chi connectivity index (χ0) is 10.3. The van der Waals surface area contributed by atoms with Crippen molar-refractivity contribution < 1.29 is 4.39 Å². The smallest absolute Gasteiger partial charge is 0.271 e. The number of rotatable bonds is 1. The van der Waals surface area contributed by atoms with E-state index in [1.807, 2.05) is 0 Å². The van der Waals surface area contributed by atoms with Gasteiger partial charge in [-0.1, -0.05) is 0 Å². The fourth-order valence-electron chi connectivity index (χ4n) is 1.36. The molecule has 0 bridgehead atoms. The molecule has 0 saturated heterocycles. The minimum Gasteiger partial charge on any atom is -0.273 e. The van der Waals surface area contributed by atoms with E-state index in [1.165, 1.54) is 18.5 Å². The Balaban J connectivity index is 2.13. The first-order valence-corrected chi connectivity index (χ1v) is 4.34. The van der Waals surface area contributed by atoms with Crippen molar-refractivity contribution in [2.75, 3.05) is 0 Å². The molecule has 0 aliphatic carbocycles. The third-order valence-electron chi connectivity index (χ3n) is 2.09. The lowest BCUT2D eigenvalue weighted by Crippen LogP contribution is -1.83. The molecule has 0 unspecified atom stereocenters. The lowest BCUT2D eigenvalue weighted by molar-refractivity contribution is 0.628. The molecule has 0 atom stereocenters. The second kappa shape index (κ2) is 2.88. The zero-order valence-corrected chi connectivity index (χ0v) is 7.55. The fourth-order valence-corrected chi connectivity index (χ4v) is 1.36. The van der Waals surface area contributed by atoms with Gasteiger partial charge in [0.1, 0.15) is 12.1 Å². The van der Waals surface area contributed by atoms with Gasteiger partial charge < -0.3 is 0 Å². The van der Waals surface area contributed by atoms with Crippen LogP contribution in [-0.2, 0) is 0 Å².